The number of halogens is 1. The van der Waals surface area contributed by atoms with Crippen molar-refractivity contribution in [3.63, 3.8) is 0 Å². The Kier molecular flexibility index (Phi) is 4.08. The Bertz CT molecular complexity index is 746. The molecule has 3 rings (SSSR count). The molecule has 0 aliphatic carbocycles. The number of nitrogens with one attached hydrogen (secondary N) is 1. The van der Waals surface area contributed by atoms with Crippen molar-refractivity contribution >= 4 is 22.3 Å². The Morgan fingerprint density at radius 3 is 2.76 bits per heavy atom. The molecule has 1 unspecified atom stereocenters. The molecule has 21 heavy (non-hydrogen) atoms. The van der Waals surface area contributed by atoms with Crippen molar-refractivity contribution in [1.82, 2.24) is 5.32 Å². The summed E-state index contributed by atoms with van der Waals surface area (Å²) in [6, 6.07) is 10.9. The molecule has 110 valence electrons. The van der Waals surface area contributed by atoms with Gasteiger partial charge in [0.1, 0.15) is 23.2 Å². The topological polar surface area (TPSA) is 25.2 Å². The van der Waals surface area contributed by atoms with Gasteiger partial charge in [-0.15, -0.1) is 11.3 Å². The molecular weight excluding hydrogens is 285 g/mol. The summed E-state index contributed by atoms with van der Waals surface area (Å²) in [5, 5.41) is 4.26. The lowest BCUT2D eigenvalue weighted by molar-refractivity contribution is 0.481. The van der Waals surface area contributed by atoms with E-state index in [1.165, 1.54) is 21.9 Å². The quantitative estimate of drug-likeness (QED) is 0.725. The molecule has 4 heteroatoms. The van der Waals surface area contributed by atoms with Gasteiger partial charge in [-0.1, -0.05) is 13.8 Å². The molecule has 0 bridgehead atoms. The normalized spacial score (nSPS) is 12.9. The number of furan rings is 1. The van der Waals surface area contributed by atoms with E-state index in [0.29, 0.717) is 0 Å². The molecule has 2 nitrogen and oxygen atoms in total. The van der Waals surface area contributed by atoms with Gasteiger partial charge in [0, 0.05) is 15.1 Å². The molecule has 1 N–H and O–H groups in total. The lowest BCUT2D eigenvalue weighted by atomic mass is 10.1. The van der Waals surface area contributed by atoms with Crippen LogP contribution in [0.25, 0.3) is 11.0 Å². The van der Waals surface area contributed by atoms with Crippen LogP contribution >= 0.6 is 11.3 Å². The van der Waals surface area contributed by atoms with Crippen LogP contribution in [0.15, 0.2) is 40.8 Å². The van der Waals surface area contributed by atoms with Gasteiger partial charge >= 0.3 is 0 Å². The monoisotopic (exact) mass is 303 g/mol. The van der Waals surface area contributed by atoms with Gasteiger partial charge in [0.2, 0.25) is 0 Å². The number of hydrogen-bond acceptors (Lipinski definition) is 3. The van der Waals surface area contributed by atoms with E-state index in [-0.39, 0.29) is 11.9 Å². The Balaban J connectivity index is 2.01. The van der Waals surface area contributed by atoms with Gasteiger partial charge in [0.05, 0.1) is 0 Å². The highest BCUT2D eigenvalue weighted by Gasteiger charge is 2.19. The molecule has 0 amide bonds. The number of aryl methyl sites for hydroxylation is 1. The van der Waals surface area contributed by atoms with Crippen LogP contribution in [0, 0.1) is 5.82 Å². The van der Waals surface area contributed by atoms with Gasteiger partial charge in [-0.25, -0.2) is 4.39 Å². The van der Waals surface area contributed by atoms with E-state index in [1.54, 1.807) is 17.4 Å². The minimum atomic E-state index is -0.237. The zero-order chi connectivity index (χ0) is 14.8. The van der Waals surface area contributed by atoms with Crippen LogP contribution in [-0.4, -0.2) is 6.54 Å². The van der Waals surface area contributed by atoms with Crippen LogP contribution in [0.1, 0.15) is 35.4 Å². The Hall–Kier alpha value is -1.65. The van der Waals surface area contributed by atoms with Gasteiger partial charge in [-0.05, 0) is 49.4 Å². The Labute approximate surface area is 127 Å². The third-order valence-electron chi connectivity index (χ3n) is 3.51. The van der Waals surface area contributed by atoms with Crippen molar-refractivity contribution in [2.45, 2.75) is 26.3 Å². The summed E-state index contributed by atoms with van der Waals surface area (Å²) in [4.78, 5) is 2.59. The van der Waals surface area contributed by atoms with Crippen LogP contribution in [0.5, 0.6) is 0 Å². The maximum atomic E-state index is 13.3. The molecule has 1 aromatic carbocycles. The summed E-state index contributed by atoms with van der Waals surface area (Å²) >= 11 is 1.79. The fraction of sp³-hybridized carbons (Fsp3) is 0.294. The molecule has 0 fully saturated rings. The zero-order valence-corrected chi connectivity index (χ0v) is 13.0. The van der Waals surface area contributed by atoms with Crippen molar-refractivity contribution in [2.75, 3.05) is 6.54 Å². The molecule has 0 saturated heterocycles. The standard InChI is InChI=1S/C17H18FNOS/c1-3-13-6-8-16(21-13)17(19-4-2)15-10-11-9-12(18)5-7-14(11)20-15/h5-10,17,19H,3-4H2,1-2H3. The summed E-state index contributed by atoms with van der Waals surface area (Å²) in [7, 11) is 0. The molecule has 2 aromatic heterocycles. The summed E-state index contributed by atoms with van der Waals surface area (Å²) in [6.45, 7) is 5.07. The number of benzene rings is 1. The number of rotatable bonds is 5. The van der Waals surface area contributed by atoms with Crippen molar-refractivity contribution < 1.29 is 8.81 Å². The van der Waals surface area contributed by atoms with Gasteiger partial charge in [0.25, 0.3) is 0 Å². The third-order valence-corrected chi connectivity index (χ3v) is 4.80. The second-order valence-electron chi connectivity index (χ2n) is 4.98. The highest BCUT2D eigenvalue weighted by atomic mass is 32.1. The second-order valence-corrected chi connectivity index (χ2v) is 6.18. The summed E-state index contributed by atoms with van der Waals surface area (Å²) in [5.41, 5.74) is 0.724. The first kappa shape index (κ1) is 14.3. The molecule has 0 aliphatic heterocycles. The summed E-state index contributed by atoms with van der Waals surface area (Å²) < 4.78 is 19.2. The first-order valence-electron chi connectivity index (χ1n) is 7.22. The molecule has 3 aromatic rings. The Morgan fingerprint density at radius 2 is 2.05 bits per heavy atom. The SMILES string of the molecule is CCNC(c1cc2cc(F)ccc2o1)c1ccc(CC)s1. The third kappa shape index (κ3) is 2.87. The van der Waals surface area contributed by atoms with E-state index in [1.807, 2.05) is 6.07 Å². The number of thiophene rings is 1. The lowest BCUT2D eigenvalue weighted by Crippen LogP contribution is -2.20. The van der Waals surface area contributed by atoms with Crippen LogP contribution in [0.2, 0.25) is 0 Å². The average Bonchev–Trinajstić information content (AvgIpc) is 3.10. The predicted molar refractivity (Wildman–Crippen MR) is 85.4 cm³/mol. The van der Waals surface area contributed by atoms with E-state index in [2.05, 4.69) is 31.3 Å². The van der Waals surface area contributed by atoms with Crippen LogP contribution in [0.4, 0.5) is 4.39 Å². The van der Waals surface area contributed by atoms with Crippen molar-refractivity contribution in [2.24, 2.45) is 0 Å². The predicted octanol–water partition coefficient (Wildman–Crippen LogP) is 4.89. The molecule has 1 atom stereocenters. The molecule has 0 aliphatic rings. The molecule has 0 spiro atoms. The van der Waals surface area contributed by atoms with Crippen molar-refractivity contribution in [3.8, 4) is 0 Å². The smallest absolute Gasteiger partial charge is 0.134 e. The first-order valence-corrected chi connectivity index (χ1v) is 8.04. The highest BCUT2D eigenvalue weighted by molar-refractivity contribution is 7.12. The van der Waals surface area contributed by atoms with E-state index in [4.69, 9.17) is 4.42 Å². The highest BCUT2D eigenvalue weighted by Crippen LogP contribution is 2.32. The minimum absolute atomic E-state index is 0.0239. The number of hydrogen-bond donors (Lipinski definition) is 1. The van der Waals surface area contributed by atoms with Gasteiger partial charge < -0.3 is 9.73 Å². The summed E-state index contributed by atoms with van der Waals surface area (Å²) in [5.74, 6) is 0.598. The average molecular weight is 303 g/mol. The van der Waals surface area contributed by atoms with E-state index in [0.717, 1.165) is 29.7 Å². The fourth-order valence-corrected chi connectivity index (χ4v) is 3.50. The summed E-state index contributed by atoms with van der Waals surface area (Å²) in [6.07, 6.45) is 1.04. The molecule has 0 radical (unpaired) electrons. The maximum absolute atomic E-state index is 13.3. The zero-order valence-electron chi connectivity index (χ0n) is 12.2. The van der Waals surface area contributed by atoms with Gasteiger partial charge in [-0.2, -0.15) is 0 Å². The number of fused-ring (bicyclic) bond motifs is 1. The first-order chi connectivity index (χ1) is 10.2. The van der Waals surface area contributed by atoms with E-state index in [9.17, 15) is 4.39 Å². The lowest BCUT2D eigenvalue weighted by Gasteiger charge is -2.13. The van der Waals surface area contributed by atoms with Crippen molar-refractivity contribution in [3.05, 3.63) is 57.7 Å². The van der Waals surface area contributed by atoms with Crippen molar-refractivity contribution in [1.29, 1.82) is 0 Å². The van der Waals surface area contributed by atoms with E-state index < -0.39 is 0 Å². The van der Waals surface area contributed by atoms with Crippen LogP contribution in [-0.2, 0) is 6.42 Å². The molecular formula is C17H18FNOS. The minimum Gasteiger partial charge on any atom is -0.459 e. The maximum Gasteiger partial charge on any atom is 0.134 e. The fourth-order valence-electron chi connectivity index (χ4n) is 2.46. The van der Waals surface area contributed by atoms with Crippen LogP contribution < -0.4 is 5.32 Å². The van der Waals surface area contributed by atoms with Crippen LogP contribution in [0.3, 0.4) is 0 Å². The Morgan fingerprint density at radius 1 is 1.19 bits per heavy atom. The largest absolute Gasteiger partial charge is 0.459 e. The van der Waals surface area contributed by atoms with E-state index >= 15 is 0 Å². The van der Waals surface area contributed by atoms with Gasteiger partial charge in [-0.3, -0.25) is 0 Å². The van der Waals surface area contributed by atoms with Gasteiger partial charge in [0.15, 0.2) is 0 Å². The molecule has 0 saturated carbocycles. The molecule has 2 heterocycles. The second kappa shape index (κ2) is 6.00.